The number of nitrogen functional groups attached to an aromatic ring is 1. The van der Waals surface area contributed by atoms with Crippen molar-refractivity contribution < 1.29 is 14.1 Å². The molecular weight excluding hydrogens is 277 g/mol. The van der Waals surface area contributed by atoms with E-state index in [2.05, 4.69) is 5.32 Å². The summed E-state index contributed by atoms with van der Waals surface area (Å²) in [5, 5.41) is 13.3. The summed E-state index contributed by atoms with van der Waals surface area (Å²) in [6.45, 7) is 1.56. The molecule has 21 heavy (non-hydrogen) atoms. The van der Waals surface area contributed by atoms with E-state index in [0.29, 0.717) is 11.3 Å². The fourth-order valence-corrected chi connectivity index (χ4v) is 1.83. The number of carbonyl (C=O) groups is 1. The topological polar surface area (TPSA) is 98.3 Å². The Morgan fingerprint density at radius 1 is 1.33 bits per heavy atom. The van der Waals surface area contributed by atoms with Crippen LogP contribution < -0.4 is 11.1 Å². The number of anilines is 2. The van der Waals surface area contributed by atoms with Crippen molar-refractivity contribution in [3.63, 3.8) is 0 Å². The minimum absolute atomic E-state index is 0.00817. The molecule has 0 saturated carbocycles. The zero-order valence-electron chi connectivity index (χ0n) is 11.1. The first-order valence-electron chi connectivity index (χ1n) is 6.00. The van der Waals surface area contributed by atoms with E-state index in [-0.39, 0.29) is 22.8 Å². The normalized spacial score (nSPS) is 10.2. The number of benzene rings is 2. The molecule has 0 aliphatic carbocycles. The molecule has 1 amide bonds. The Labute approximate surface area is 119 Å². The molecule has 0 aliphatic rings. The molecule has 0 aliphatic heterocycles. The average Bonchev–Trinajstić information content (AvgIpc) is 2.42. The minimum Gasteiger partial charge on any atom is -0.393 e. The van der Waals surface area contributed by atoms with Crippen LogP contribution in [0.1, 0.15) is 15.9 Å². The van der Waals surface area contributed by atoms with Crippen molar-refractivity contribution in [3.8, 4) is 0 Å². The van der Waals surface area contributed by atoms with Gasteiger partial charge in [0.15, 0.2) is 0 Å². The zero-order chi connectivity index (χ0) is 15.6. The summed E-state index contributed by atoms with van der Waals surface area (Å²) < 4.78 is 13.2. The first-order valence-corrected chi connectivity index (χ1v) is 6.00. The van der Waals surface area contributed by atoms with Crippen LogP contribution in [-0.4, -0.2) is 10.8 Å². The standard InChI is InChI=1S/C14H12FN3O3/c1-8-7-9(5-6-11(8)15)17-14(19)10-3-2-4-12(13(10)16)18(20)21/h2-7H,16H2,1H3,(H,17,19). The van der Waals surface area contributed by atoms with Crippen molar-refractivity contribution in [2.75, 3.05) is 11.1 Å². The number of hydrogen-bond acceptors (Lipinski definition) is 4. The fourth-order valence-electron chi connectivity index (χ4n) is 1.83. The molecule has 0 bridgehead atoms. The summed E-state index contributed by atoms with van der Waals surface area (Å²) in [6, 6.07) is 8.05. The number of carbonyl (C=O) groups excluding carboxylic acids is 1. The smallest absolute Gasteiger partial charge is 0.292 e. The molecule has 2 rings (SSSR count). The number of para-hydroxylation sites is 1. The summed E-state index contributed by atoms with van der Waals surface area (Å²) >= 11 is 0. The number of amides is 1. The van der Waals surface area contributed by atoms with Gasteiger partial charge in [-0.15, -0.1) is 0 Å². The van der Waals surface area contributed by atoms with Crippen LogP contribution in [0.5, 0.6) is 0 Å². The number of nitro benzene ring substituents is 1. The third kappa shape index (κ3) is 2.97. The van der Waals surface area contributed by atoms with Gasteiger partial charge >= 0.3 is 0 Å². The number of nitrogens with two attached hydrogens (primary N) is 1. The molecule has 0 spiro atoms. The van der Waals surface area contributed by atoms with Gasteiger partial charge < -0.3 is 11.1 Å². The summed E-state index contributed by atoms with van der Waals surface area (Å²) in [5.41, 5.74) is 5.83. The Morgan fingerprint density at radius 2 is 2.05 bits per heavy atom. The molecule has 0 atom stereocenters. The van der Waals surface area contributed by atoms with E-state index >= 15 is 0 Å². The SMILES string of the molecule is Cc1cc(NC(=O)c2cccc([N+](=O)[O-])c2N)ccc1F. The molecule has 0 fully saturated rings. The predicted molar refractivity (Wildman–Crippen MR) is 76.6 cm³/mol. The lowest BCUT2D eigenvalue weighted by molar-refractivity contribution is -0.383. The van der Waals surface area contributed by atoms with Gasteiger partial charge in [-0.1, -0.05) is 6.07 Å². The van der Waals surface area contributed by atoms with Crippen molar-refractivity contribution in [1.82, 2.24) is 0 Å². The number of nitrogens with zero attached hydrogens (tertiary/aromatic N) is 1. The first kappa shape index (κ1) is 14.4. The molecule has 6 nitrogen and oxygen atoms in total. The predicted octanol–water partition coefficient (Wildman–Crippen LogP) is 2.88. The van der Waals surface area contributed by atoms with Gasteiger partial charge in [-0.2, -0.15) is 0 Å². The maximum absolute atomic E-state index is 13.2. The molecule has 0 saturated heterocycles. The quantitative estimate of drug-likeness (QED) is 0.515. The average molecular weight is 289 g/mol. The van der Waals surface area contributed by atoms with E-state index in [1.165, 1.54) is 36.4 Å². The Hall–Kier alpha value is -2.96. The van der Waals surface area contributed by atoms with E-state index in [1.54, 1.807) is 6.92 Å². The second-order valence-electron chi connectivity index (χ2n) is 4.41. The van der Waals surface area contributed by atoms with Crippen LogP contribution in [0.3, 0.4) is 0 Å². The maximum Gasteiger partial charge on any atom is 0.292 e. The van der Waals surface area contributed by atoms with Gasteiger partial charge in [0.1, 0.15) is 11.5 Å². The van der Waals surface area contributed by atoms with Gasteiger partial charge in [0.05, 0.1) is 10.5 Å². The maximum atomic E-state index is 13.2. The lowest BCUT2D eigenvalue weighted by atomic mass is 10.1. The number of rotatable bonds is 3. The summed E-state index contributed by atoms with van der Waals surface area (Å²) in [6.07, 6.45) is 0. The van der Waals surface area contributed by atoms with Crippen LogP contribution in [0, 0.1) is 22.9 Å². The highest BCUT2D eigenvalue weighted by Gasteiger charge is 2.19. The van der Waals surface area contributed by atoms with Gasteiger partial charge in [-0.25, -0.2) is 4.39 Å². The number of hydrogen-bond donors (Lipinski definition) is 2. The Kier molecular flexibility index (Phi) is 3.84. The number of halogens is 1. The van der Waals surface area contributed by atoms with Gasteiger partial charge in [-0.3, -0.25) is 14.9 Å². The van der Waals surface area contributed by atoms with Crippen LogP contribution in [0.4, 0.5) is 21.5 Å². The molecule has 0 unspecified atom stereocenters. The second-order valence-corrected chi connectivity index (χ2v) is 4.41. The van der Waals surface area contributed by atoms with E-state index in [9.17, 15) is 19.3 Å². The Bertz CT molecular complexity index is 731. The van der Waals surface area contributed by atoms with Crippen LogP contribution in [0.15, 0.2) is 36.4 Å². The highest BCUT2D eigenvalue weighted by atomic mass is 19.1. The summed E-state index contributed by atoms with van der Waals surface area (Å²) in [4.78, 5) is 22.2. The molecule has 3 N–H and O–H groups in total. The van der Waals surface area contributed by atoms with E-state index < -0.39 is 10.8 Å². The number of nitro groups is 1. The van der Waals surface area contributed by atoms with Crippen molar-refractivity contribution in [2.24, 2.45) is 0 Å². The molecule has 0 aromatic heterocycles. The monoisotopic (exact) mass is 289 g/mol. The van der Waals surface area contributed by atoms with Gasteiger partial charge in [-0.05, 0) is 36.8 Å². The number of aryl methyl sites for hydroxylation is 1. The highest BCUT2D eigenvalue weighted by molar-refractivity contribution is 6.08. The molecule has 2 aromatic carbocycles. The lowest BCUT2D eigenvalue weighted by Gasteiger charge is -2.08. The second kappa shape index (κ2) is 5.58. The number of nitrogens with one attached hydrogen (secondary N) is 1. The van der Waals surface area contributed by atoms with Crippen LogP contribution in [0.25, 0.3) is 0 Å². The van der Waals surface area contributed by atoms with E-state index in [0.717, 1.165) is 0 Å². The van der Waals surface area contributed by atoms with Crippen LogP contribution in [0.2, 0.25) is 0 Å². The molecule has 108 valence electrons. The van der Waals surface area contributed by atoms with Gasteiger partial charge in [0, 0.05) is 11.8 Å². The largest absolute Gasteiger partial charge is 0.393 e. The van der Waals surface area contributed by atoms with E-state index in [1.807, 2.05) is 0 Å². The molecule has 2 aromatic rings. The highest BCUT2D eigenvalue weighted by Crippen LogP contribution is 2.25. The third-order valence-corrected chi connectivity index (χ3v) is 2.94. The van der Waals surface area contributed by atoms with Gasteiger partial charge in [0.2, 0.25) is 0 Å². The fraction of sp³-hybridized carbons (Fsp3) is 0.0714. The van der Waals surface area contributed by atoms with Crippen LogP contribution in [-0.2, 0) is 0 Å². The van der Waals surface area contributed by atoms with Crippen molar-refractivity contribution in [1.29, 1.82) is 0 Å². The Morgan fingerprint density at radius 3 is 2.67 bits per heavy atom. The zero-order valence-corrected chi connectivity index (χ0v) is 11.1. The summed E-state index contributed by atoms with van der Waals surface area (Å²) in [5.74, 6) is -0.981. The molecule has 0 heterocycles. The van der Waals surface area contributed by atoms with E-state index in [4.69, 9.17) is 5.73 Å². The summed E-state index contributed by atoms with van der Waals surface area (Å²) in [7, 11) is 0. The Balaban J connectivity index is 2.30. The molecule has 7 heteroatoms. The van der Waals surface area contributed by atoms with Crippen molar-refractivity contribution in [3.05, 3.63) is 63.5 Å². The lowest BCUT2D eigenvalue weighted by Crippen LogP contribution is -2.15. The molecule has 0 radical (unpaired) electrons. The third-order valence-electron chi connectivity index (χ3n) is 2.94. The van der Waals surface area contributed by atoms with Crippen LogP contribution >= 0.6 is 0 Å². The minimum atomic E-state index is -0.659. The first-order chi connectivity index (χ1) is 9.90. The van der Waals surface area contributed by atoms with Gasteiger partial charge in [0.25, 0.3) is 11.6 Å². The van der Waals surface area contributed by atoms with Crippen molar-refractivity contribution in [2.45, 2.75) is 6.92 Å². The van der Waals surface area contributed by atoms with Crippen molar-refractivity contribution >= 4 is 23.0 Å². The molecular formula is C14H12FN3O3.